The maximum atomic E-state index is 13.2. The summed E-state index contributed by atoms with van der Waals surface area (Å²) < 4.78 is 13.2. The van der Waals surface area contributed by atoms with E-state index < -0.39 is 0 Å². The van der Waals surface area contributed by atoms with Crippen LogP contribution in [0.2, 0.25) is 0 Å². The molecule has 100 valence electrons. The summed E-state index contributed by atoms with van der Waals surface area (Å²) in [6.45, 7) is 2.22. The van der Waals surface area contributed by atoms with Crippen LogP contribution in [0.3, 0.4) is 0 Å². The van der Waals surface area contributed by atoms with Gasteiger partial charge in [0.2, 0.25) is 0 Å². The van der Waals surface area contributed by atoms with Crippen LogP contribution in [0.15, 0.2) is 35.7 Å². The molecule has 2 aromatic rings. The van der Waals surface area contributed by atoms with Gasteiger partial charge in [-0.05, 0) is 60.9 Å². The average molecular weight is 275 g/mol. The van der Waals surface area contributed by atoms with Gasteiger partial charge >= 0.3 is 0 Å². The number of nitrogens with one attached hydrogen (secondary N) is 1. The summed E-state index contributed by atoms with van der Waals surface area (Å²) in [6, 6.07) is 10.3. The fraction of sp³-hybridized carbons (Fsp3) is 0.375. The largest absolute Gasteiger partial charge is 0.307 e. The fourth-order valence-electron chi connectivity index (χ4n) is 2.89. The number of fused-ring (bicyclic) bond motifs is 1. The molecule has 1 heterocycles. The lowest BCUT2D eigenvalue weighted by Gasteiger charge is -2.20. The molecule has 19 heavy (non-hydrogen) atoms. The minimum Gasteiger partial charge on any atom is -0.307 e. The van der Waals surface area contributed by atoms with Crippen molar-refractivity contribution in [2.45, 2.75) is 38.3 Å². The Bertz CT molecular complexity index is 550. The van der Waals surface area contributed by atoms with Gasteiger partial charge in [0.1, 0.15) is 5.82 Å². The lowest BCUT2D eigenvalue weighted by molar-refractivity contribution is 0.453. The van der Waals surface area contributed by atoms with Gasteiger partial charge in [0, 0.05) is 17.0 Å². The van der Waals surface area contributed by atoms with E-state index in [2.05, 4.69) is 29.8 Å². The van der Waals surface area contributed by atoms with Crippen molar-refractivity contribution in [3.05, 3.63) is 57.5 Å². The molecule has 2 unspecified atom stereocenters. The molecule has 1 nitrogen and oxygen atoms in total. The molecule has 0 fully saturated rings. The fourth-order valence-corrected chi connectivity index (χ4v) is 3.73. The topological polar surface area (TPSA) is 12.0 Å². The summed E-state index contributed by atoms with van der Waals surface area (Å²) in [7, 11) is 0. The molecule has 1 aliphatic rings. The molecule has 0 saturated carbocycles. The molecule has 0 spiro atoms. The Balaban J connectivity index is 1.66. The van der Waals surface area contributed by atoms with Crippen molar-refractivity contribution in [3.8, 4) is 0 Å². The molecule has 1 aliphatic carbocycles. The Morgan fingerprint density at radius 2 is 2.32 bits per heavy atom. The van der Waals surface area contributed by atoms with Gasteiger partial charge in [-0.1, -0.05) is 12.1 Å². The first kappa shape index (κ1) is 12.8. The number of benzene rings is 1. The number of halogens is 1. The van der Waals surface area contributed by atoms with E-state index in [0.717, 1.165) is 19.3 Å². The van der Waals surface area contributed by atoms with Gasteiger partial charge in [-0.15, -0.1) is 11.3 Å². The van der Waals surface area contributed by atoms with E-state index in [0.29, 0.717) is 12.1 Å². The molecule has 1 N–H and O–H groups in total. The van der Waals surface area contributed by atoms with E-state index in [-0.39, 0.29) is 5.82 Å². The lowest BCUT2D eigenvalue weighted by atomic mass is 10.1. The zero-order valence-electron chi connectivity index (χ0n) is 11.0. The molecule has 3 rings (SSSR count). The van der Waals surface area contributed by atoms with Gasteiger partial charge in [0.15, 0.2) is 0 Å². The molecule has 0 aliphatic heterocycles. The summed E-state index contributed by atoms with van der Waals surface area (Å²) in [4.78, 5) is 1.41. The van der Waals surface area contributed by atoms with Crippen molar-refractivity contribution in [3.63, 3.8) is 0 Å². The predicted molar refractivity (Wildman–Crippen MR) is 78.1 cm³/mol. The van der Waals surface area contributed by atoms with Crippen molar-refractivity contribution >= 4 is 11.3 Å². The Hall–Kier alpha value is -1.19. The number of rotatable bonds is 4. The third-order valence-corrected chi connectivity index (χ3v) is 4.65. The van der Waals surface area contributed by atoms with E-state index in [1.165, 1.54) is 16.0 Å². The third kappa shape index (κ3) is 2.88. The summed E-state index contributed by atoms with van der Waals surface area (Å²) in [6.07, 6.45) is 3.12. The van der Waals surface area contributed by atoms with Gasteiger partial charge in [-0.3, -0.25) is 0 Å². The lowest BCUT2D eigenvalue weighted by Crippen LogP contribution is -2.30. The van der Waals surface area contributed by atoms with Crippen molar-refractivity contribution in [1.82, 2.24) is 5.32 Å². The van der Waals surface area contributed by atoms with E-state index in [1.807, 2.05) is 17.4 Å². The predicted octanol–water partition coefficient (Wildman–Crippen LogP) is 4.10. The van der Waals surface area contributed by atoms with Crippen molar-refractivity contribution in [1.29, 1.82) is 0 Å². The highest BCUT2D eigenvalue weighted by atomic mass is 32.1. The molecule has 0 bridgehead atoms. The third-order valence-electron chi connectivity index (χ3n) is 3.76. The van der Waals surface area contributed by atoms with Gasteiger partial charge < -0.3 is 5.32 Å². The van der Waals surface area contributed by atoms with E-state index in [1.54, 1.807) is 12.1 Å². The van der Waals surface area contributed by atoms with Crippen LogP contribution in [0, 0.1) is 5.82 Å². The van der Waals surface area contributed by atoms with Crippen LogP contribution < -0.4 is 5.32 Å². The standard InChI is InChI=1S/C16H18FNS/c1-11(9-14-3-2-8-19-14)18-16-7-4-12-10-13(17)5-6-15(12)16/h2-3,5-6,8,10-11,16,18H,4,7,9H2,1H3. The molecule has 2 atom stereocenters. The molecule has 3 heteroatoms. The molecule has 1 aromatic carbocycles. The maximum absolute atomic E-state index is 13.2. The quantitative estimate of drug-likeness (QED) is 0.886. The van der Waals surface area contributed by atoms with Crippen LogP contribution in [0.1, 0.15) is 35.4 Å². The molecular formula is C16H18FNS. The average Bonchev–Trinajstić information content (AvgIpc) is 2.99. The summed E-state index contributed by atoms with van der Waals surface area (Å²) in [5.74, 6) is -0.119. The minimum absolute atomic E-state index is 0.119. The zero-order chi connectivity index (χ0) is 13.2. The first-order valence-electron chi connectivity index (χ1n) is 6.79. The minimum atomic E-state index is -0.119. The second-order valence-electron chi connectivity index (χ2n) is 5.29. The summed E-state index contributed by atoms with van der Waals surface area (Å²) >= 11 is 1.81. The van der Waals surface area contributed by atoms with Crippen LogP contribution in [-0.2, 0) is 12.8 Å². The first-order chi connectivity index (χ1) is 9.22. The Kier molecular flexibility index (Phi) is 3.67. The molecule has 0 saturated heterocycles. The molecular weight excluding hydrogens is 257 g/mol. The number of thiophene rings is 1. The van der Waals surface area contributed by atoms with E-state index >= 15 is 0 Å². The molecule has 0 amide bonds. The van der Waals surface area contributed by atoms with Crippen LogP contribution >= 0.6 is 11.3 Å². The van der Waals surface area contributed by atoms with Gasteiger partial charge in [0.25, 0.3) is 0 Å². The molecule has 0 radical (unpaired) electrons. The van der Waals surface area contributed by atoms with Crippen LogP contribution in [0.25, 0.3) is 0 Å². The first-order valence-corrected chi connectivity index (χ1v) is 7.67. The number of hydrogen-bond donors (Lipinski definition) is 1. The van der Waals surface area contributed by atoms with E-state index in [4.69, 9.17) is 0 Å². The number of hydrogen-bond acceptors (Lipinski definition) is 2. The van der Waals surface area contributed by atoms with Gasteiger partial charge in [-0.25, -0.2) is 4.39 Å². The Morgan fingerprint density at radius 3 is 3.11 bits per heavy atom. The summed E-state index contributed by atoms with van der Waals surface area (Å²) in [5, 5.41) is 5.80. The van der Waals surface area contributed by atoms with Gasteiger partial charge in [-0.2, -0.15) is 0 Å². The monoisotopic (exact) mass is 275 g/mol. The highest BCUT2D eigenvalue weighted by molar-refractivity contribution is 7.09. The highest BCUT2D eigenvalue weighted by Crippen LogP contribution is 2.32. The highest BCUT2D eigenvalue weighted by Gasteiger charge is 2.23. The molecule has 1 aromatic heterocycles. The van der Waals surface area contributed by atoms with Crippen molar-refractivity contribution < 1.29 is 4.39 Å². The second-order valence-corrected chi connectivity index (χ2v) is 6.32. The second kappa shape index (κ2) is 5.43. The van der Waals surface area contributed by atoms with Gasteiger partial charge in [0.05, 0.1) is 0 Å². The van der Waals surface area contributed by atoms with Crippen LogP contribution in [0.5, 0.6) is 0 Å². The van der Waals surface area contributed by atoms with Crippen molar-refractivity contribution in [2.24, 2.45) is 0 Å². The smallest absolute Gasteiger partial charge is 0.123 e. The van der Waals surface area contributed by atoms with Crippen LogP contribution in [-0.4, -0.2) is 6.04 Å². The van der Waals surface area contributed by atoms with Crippen molar-refractivity contribution in [2.75, 3.05) is 0 Å². The number of aryl methyl sites for hydroxylation is 1. The Morgan fingerprint density at radius 1 is 1.42 bits per heavy atom. The summed E-state index contributed by atoms with van der Waals surface area (Å²) in [5.41, 5.74) is 2.44. The Labute approximate surface area is 117 Å². The van der Waals surface area contributed by atoms with E-state index in [9.17, 15) is 4.39 Å². The maximum Gasteiger partial charge on any atom is 0.123 e. The zero-order valence-corrected chi connectivity index (χ0v) is 11.8. The van der Waals surface area contributed by atoms with Crippen LogP contribution in [0.4, 0.5) is 4.39 Å². The normalized spacial score (nSPS) is 19.4. The SMILES string of the molecule is CC(Cc1cccs1)NC1CCc2cc(F)ccc21.